The average Bonchev–Trinajstić information content (AvgIpc) is 3.16. The number of imidazole rings is 1. The number of thioether (sulfide) groups is 1. The zero-order valence-corrected chi connectivity index (χ0v) is 19.3. The smallest absolute Gasteiger partial charge is 0.180 e. The van der Waals surface area contributed by atoms with Crippen LogP contribution in [-0.4, -0.2) is 34.3 Å². The Balaban J connectivity index is 2.10. The molecule has 0 amide bonds. The van der Waals surface area contributed by atoms with Crippen molar-refractivity contribution in [3.8, 4) is 17.5 Å². The molecule has 0 N–H and O–H groups in total. The van der Waals surface area contributed by atoms with E-state index in [4.69, 9.17) is 0 Å². The first-order valence-electron chi connectivity index (χ1n) is 9.98. The molecule has 3 heterocycles. The normalized spacial score (nSPS) is 12.2. The fourth-order valence-electron chi connectivity index (χ4n) is 2.94. The van der Waals surface area contributed by atoms with Crippen LogP contribution in [0.15, 0.2) is 46.6 Å². The van der Waals surface area contributed by atoms with E-state index in [9.17, 15) is 13.7 Å². The molecule has 158 valence electrons. The highest BCUT2D eigenvalue weighted by Crippen LogP contribution is 2.31. The lowest BCUT2D eigenvalue weighted by atomic mass is 9.87. The Morgan fingerprint density at radius 2 is 2.03 bits per heavy atom. The number of aromatic nitrogens is 3. The second kappa shape index (κ2) is 8.78. The second-order valence-electron chi connectivity index (χ2n) is 7.67. The van der Waals surface area contributed by atoms with Crippen molar-refractivity contribution in [2.45, 2.75) is 55.7 Å². The van der Waals surface area contributed by atoms with Gasteiger partial charge in [-0.2, -0.15) is 5.26 Å². The lowest BCUT2D eigenvalue weighted by Crippen LogP contribution is -2.16. The highest BCUT2D eigenvalue weighted by atomic mass is 32.2. The first-order chi connectivity index (χ1) is 14.2. The summed E-state index contributed by atoms with van der Waals surface area (Å²) < 4.78 is 27.5. The number of hydrogen-bond donors (Lipinski definition) is 0. The van der Waals surface area contributed by atoms with Crippen molar-refractivity contribution >= 4 is 27.2 Å². The minimum Gasteiger partial charge on any atom is -0.306 e. The SMILES string of the molecule is CCCCSc1ccn2cc(-c3ncc(C(C)(C)C#N)cc3S(=O)(=O)CC)nc2c1. The van der Waals surface area contributed by atoms with Crippen LogP contribution in [0.3, 0.4) is 0 Å². The van der Waals surface area contributed by atoms with E-state index in [1.54, 1.807) is 51.0 Å². The Kier molecular flexibility index (Phi) is 6.53. The third-order valence-corrected chi connectivity index (χ3v) is 7.83. The molecule has 0 aliphatic heterocycles. The van der Waals surface area contributed by atoms with Crippen LogP contribution in [0.5, 0.6) is 0 Å². The van der Waals surface area contributed by atoms with E-state index >= 15 is 0 Å². The van der Waals surface area contributed by atoms with Crippen LogP contribution in [0, 0.1) is 11.3 Å². The number of nitrogens with zero attached hydrogens (tertiary/aromatic N) is 4. The van der Waals surface area contributed by atoms with E-state index < -0.39 is 15.3 Å². The van der Waals surface area contributed by atoms with Crippen molar-refractivity contribution < 1.29 is 8.42 Å². The minimum atomic E-state index is -3.55. The molecule has 30 heavy (non-hydrogen) atoms. The highest BCUT2D eigenvalue weighted by molar-refractivity contribution is 7.99. The third-order valence-electron chi connectivity index (χ3n) is 5.01. The molecule has 0 aromatic carbocycles. The third kappa shape index (κ3) is 4.52. The van der Waals surface area contributed by atoms with Crippen molar-refractivity contribution in [2.24, 2.45) is 0 Å². The minimum absolute atomic E-state index is 0.0519. The second-order valence-corrected chi connectivity index (χ2v) is 11.1. The van der Waals surface area contributed by atoms with E-state index in [0.29, 0.717) is 17.0 Å². The summed E-state index contributed by atoms with van der Waals surface area (Å²) in [4.78, 5) is 10.3. The van der Waals surface area contributed by atoms with E-state index in [1.807, 2.05) is 22.7 Å². The van der Waals surface area contributed by atoms with Crippen LogP contribution < -0.4 is 0 Å². The summed E-state index contributed by atoms with van der Waals surface area (Å²) in [6, 6.07) is 7.82. The van der Waals surface area contributed by atoms with Crippen LogP contribution in [0.25, 0.3) is 17.0 Å². The number of hydrogen-bond acceptors (Lipinski definition) is 6. The largest absolute Gasteiger partial charge is 0.306 e. The van der Waals surface area contributed by atoms with Crippen LogP contribution in [0.2, 0.25) is 0 Å². The molecule has 0 radical (unpaired) electrons. The molecular weight excluding hydrogens is 416 g/mol. The maximum Gasteiger partial charge on any atom is 0.180 e. The van der Waals surface area contributed by atoms with Crippen molar-refractivity contribution in [2.75, 3.05) is 11.5 Å². The van der Waals surface area contributed by atoms with Crippen LogP contribution in [0.1, 0.15) is 46.1 Å². The molecule has 0 atom stereocenters. The Labute approximate surface area is 182 Å². The summed E-state index contributed by atoms with van der Waals surface area (Å²) in [5, 5.41) is 9.44. The highest BCUT2D eigenvalue weighted by Gasteiger charge is 2.27. The predicted molar refractivity (Wildman–Crippen MR) is 120 cm³/mol. The maximum absolute atomic E-state index is 12.8. The van der Waals surface area contributed by atoms with Crippen molar-refractivity contribution in [3.63, 3.8) is 0 Å². The summed E-state index contributed by atoms with van der Waals surface area (Å²) >= 11 is 1.79. The number of sulfone groups is 1. The van der Waals surface area contributed by atoms with Crippen LogP contribution in [0.4, 0.5) is 0 Å². The molecule has 0 unspecified atom stereocenters. The molecule has 3 aromatic heterocycles. The molecular formula is C22H26N4O2S2. The Morgan fingerprint density at radius 1 is 1.27 bits per heavy atom. The van der Waals surface area contributed by atoms with Gasteiger partial charge in [0, 0.05) is 23.5 Å². The van der Waals surface area contributed by atoms with Crippen molar-refractivity contribution in [3.05, 3.63) is 42.4 Å². The summed E-state index contributed by atoms with van der Waals surface area (Å²) in [5.41, 5.74) is 1.29. The number of fused-ring (bicyclic) bond motifs is 1. The summed E-state index contributed by atoms with van der Waals surface area (Å²) in [7, 11) is -3.55. The molecule has 0 bridgehead atoms. The van der Waals surface area contributed by atoms with Crippen LogP contribution >= 0.6 is 11.8 Å². The average molecular weight is 443 g/mol. The van der Waals surface area contributed by atoms with E-state index in [-0.39, 0.29) is 10.6 Å². The molecule has 0 saturated carbocycles. The fourth-order valence-corrected chi connectivity index (χ4v) is 5.02. The molecule has 6 nitrogen and oxygen atoms in total. The van der Waals surface area contributed by atoms with Crippen LogP contribution in [-0.2, 0) is 15.3 Å². The monoisotopic (exact) mass is 442 g/mol. The summed E-state index contributed by atoms with van der Waals surface area (Å²) in [6.45, 7) is 7.26. The van der Waals surface area contributed by atoms with Gasteiger partial charge in [-0.25, -0.2) is 13.4 Å². The first kappa shape index (κ1) is 22.3. The Morgan fingerprint density at radius 3 is 2.70 bits per heavy atom. The summed E-state index contributed by atoms with van der Waals surface area (Å²) in [6.07, 6.45) is 7.61. The van der Waals surface area contributed by atoms with Gasteiger partial charge < -0.3 is 4.40 Å². The molecule has 0 aliphatic rings. The topological polar surface area (TPSA) is 88.1 Å². The van der Waals surface area contributed by atoms with E-state index in [1.165, 1.54) is 0 Å². The van der Waals surface area contributed by atoms with Gasteiger partial charge in [-0.05, 0) is 49.8 Å². The molecule has 0 fully saturated rings. The maximum atomic E-state index is 12.8. The van der Waals surface area contributed by atoms with Gasteiger partial charge in [0.05, 0.1) is 22.1 Å². The van der Waals surface area contributed by atoms with Gasteiger partial charge in [0.2, 0.25) is 0 Å². The van der Waals surface area contributed by atoms with Gasteiger partial charge in [0.1, 0.15) is 17.0 Å². The first-order valence-corrected chi connectivity index (χ1v) is 12.6. The molecule has 3 rings (SSSR count). The quantitative estimate of drug-likeness (QED) is 0.365. The zero-order valence-electron chi connectivity index (χ0n) is 17.7. The number of unbranched alkanes of at least 4 members (excludes halogenated alkanes) is 1. The van der Waals surface area contributed by atoms with Gasteiger partial charge in [0.15, 0.2) is 9.84 Å². The van der Waals surface area contributed by atoms with Gasteiger partial charge in [-0.15, -0.1) is 11.8 Å². The van der Waals surface area contributed by atoms with Gasteiger partial charge >= 0.3 is 0 Å². The lowest BCUT2D eigenvalue weighted by molar-refractivity contribution is 0.596. The molecule has 3 aromatic rings. The zero-order chi connectivity index (χ0) is 21.9. The van der Waals surface area contributed by atoms with Gasteiger partial charge in [0.25, 0.3) is 0 Å². The number of pyridine rings is 2. The number of nitriles is 1. The van der Waals surface area contributed by atoms with Gasteiger partial charge in [-0.3, -0.25) is 4.98 Å². The standard InChI is InChI=1S/C22H26N4O2S2/c1-5-7-10-29-17-8-9-26-14-18(25-20(26)12-17)21-19(30(27,28)6-2)11-16(13-24-21)22(3,4)15-23/h8-9,11-14H,5-7,10H2,1-4H3. The lowest BCUT2D eigenvalue weighted by Gasteiger charge is -2.17. The van der Waals surface area contributed by atoms with Crippen molar-refractivity contribution in [1.29, 1.82) is 5.26 Å². The number of rotatable bonds is 8. The molecule has 8 heteroatoms. The van der Waals surface area contributed by atoms with E-state index in [2.05, 4.69) is 23.0 Å². The van der Waals surface area contributed by atoms with Gasteiger partial charge in [-0.1, -0.05) is 20.3 Å². The molecule has 0 aliphatic carbocycles. The molecule has 0 spiro atoms. The van der Waals surface area contributed by atoms with Crippen molar-refractivity contribution in [1.82, 2.24) is 14.4 Å². The molecule has 0 saturated heterocycles. The Bertz CT molecular complexity index is 1210. The van der Waals surface area contributed by atoms with E-state index in [0.717, 1.165) is 29.1 Å². The predicted octanol–water partition coefficient (Wildman–Crippen LogP) is 4.88. The Hall–Kier alpha value is -2.37. The summed E-state index contributed by atoms with van der Waals surface area (Å²) in [5.74, 6) is 1.00. The fraction of sp³-hybridized carbons (Fsp3) is 0.409.